The second-order valence-corrected chi connectivity index (χ2v) is 5.95. The number of carbonyl (C=O) groups is 2. The monoisotopic (exact) mass is 349 g/mol. The van der Waals surface area contributed by atoms with Gasteiger partial charge < -0.3 is 19.5 Å². The van der Waals surface area contributed by atoms with Gasteiger partial charge in [0.15, 0.2) is 6.10 Å². The van der Waals surface area contributed by atoms with Gasteiger partial charge in [0.25, 0.3) is 5.91 Å². The molecule has 2 rings (SSSR count). The van der Waals surface area contributed by atoms with Crippen molar-refractivity contribution in [3.63, 3.8) is 0 Å². The summed E-state index contributed by atoms with van der Waals surface area (Å²) in [5.74, 6) is 0.0913. The van der Waals surface area contributed by atoms with Gasteiger partial charge in [-0.05, 0) is 43.0 Å². The molecule has 0 aliphatic rings. The minimum Gasteiger partial charge on any atom is -0.497 e. The maximum Gasteiger partial charge on any atom is 0.349 e. The van der Waals surface area contributed by atoms with Gasteiger partial charge in [0.2, 0.25) is 0 Å². The van der Waals surface area contributed by atoms with Gasteiger partial charge in [-0.3, -0.25) is 4.79 Å². The molecule has 1 N–H and O–H groups in total. The Morgan fingerprint density at radius 3 is 2.50 bits per heavy atom. The quantitative estimate of drug-likeness (QED) is 0.810. The third kappa shape index (κ3) is 4.05. The van der Waals surface area contributed by atoms with E-state index in [9.17, 15) is 9.59 Å². The minimum atomic E-state index is -0.949. The Kier molecular flexibility index (Phi) is 5.81. The zero-order valence-corrected chi connectivity index (χ0v) is 14.7. The lowest BCUT2D eigenvalue weighted by Gasteiger charge is -2.15. The van der Waals surface area contributed by atoms with Crippen LogP contribution in [0.25, 0.3) is 0 Å². The van der Waals surface area contributed by atoms with Crippen LogP contribution in [-0.4, -0.2) is 32.2 Å². The average molecular weight is 349 g/mol. The fourth-order valence-electron chi connectivity index (χ4n) is 2.00. The first-order chi connectivity index (χ1) is 11.5. The molecule has 1 heterocycles. The summed E-state index contributed by atoms with van der Waals surface area (Å²) in [6.45, 7) is 3.34. The Balaban J connectivity index is 2.06. The van der Waals surface area contributed by atoms with E-state index >= 15 is 0 Å². The van der Waals surface area contributed by atoms with E-state index in [1.807, 2.05) is 13.0 Å². The number of hydrogen-bond donors (Lipinski definition) is 1. The molecule has 1 aromatic heterocycles. The first-order valence-corrected chi connectivity index (χ1v) is 8.12. The molecule has 24 heavy (non-hydrogen) atoms. The Hall–Kier alpha value is -2.54. The zero-order valence-electron chi connectivity index (χ0n) is 13.9. The minimum absolute atomic E-state index is 0.442. The first kappa shape index (κ1) is 17.8. The highest BCUT2D eigenvalue weighted by atomic mass is 32.1. The van der Waals surface area contributed by atoms with Crippen molar-refractivity contribution in [1.82, 2.24) is 0 Å². The predicted octanol–water partition coefficient (Wildman–Crippen LogP) is 3.26. The highest BCUT2D eigenvalue weighted by molar-refractivity contribution is 7.12. The molecule has 1 atom stereocenters. The highest BCUT2D eigenvalue weighted by Crippen LogP contribution is 2.29. The number of nitrogens with one attached hydrogen (secondary N) is 1. The maximum absolute atomic E-state index is 12.3. The molecule has 0 saturated heterocycles. The number of hydrogen-bond acceptors (Lipinski definition) is 6. The fourth-order valence-corrected chi connectivity index (χ4v) is 2.80. The van der Waals surface area contributed by atoms with Gasteiger partial charge in [0.1, 0.15) is 16.4 Å². The molecule has 1 unspecified atom stereocenters. The lowest BCUT2D eigenvalue weighted by Crippen LogP contribution is -2.30. The van der Waals surface area contributed by atoms with E-state index in [0.717, 1.165) is 5.56 Å². The summed E-state index contributed by atoms with van der Waals surface area (Å²) in [6.07, 6.45) is -0.949. The number of methoxy groups -OCH3 is 2. The number of anilines is 1. The van der Waals surface area contributed by atoms with Crippen molar-refractivity contribution >= 4 is 28.9 Å². The SMILES string of the molecule is COc1ccc(OC)c(NC(=O)C(C)OC(=O)c2sccc2C)c1. The van der Waals surface area contributed by atoms with Crippen molar-refractivity contribution in [1.29, 1.82) is 0 Å². The van der Waals surface area contributed by atoms with Crippen LogP contribution in [0.3, 0.4) is 0 Å². The molecule has 0 spiro atoms. The van der Waals surface area contributed by atoms with Crippen LogP contribution >= 0.6 is 11.3 Å². The summed E-state index contributed by atoms with van der Waals surface area (Å²) >= 11 is 1.28. The van der Waals surface area contributed by atoms with Crippen molar-refractivity contribution < 1.29 is 23.8 Å². The average Bonchev–Trinajstić information content (AvgIpc) is 3.00. The Morgan fingerprint density at radius 2 is 1.92 bits per heavy atom. The largest absolute Gasteiger partial charge is 0.497 e. The lowest BCUT2D eigenvalue weighted by atomic mass is 10.2. The summed E-state index contributed by atoms with van der Waals surface area (Å²) < 4.78 is 15.6. The van der Waals surface area contributed by atoms with E-state index in [4.69, 9.17) is 14.2 Å². The second-order valence-electron chi connectivity index (χ2n) is 5.04. The van der Waals surface area contributed by atoms with Crippen LogP contribution < -0.4 is 14.8 Å². The standard InChI is InChI=1S/C17H19NO5S/c1-10-7-8-24-15(10)17(20)23-11(2)16(19)18-13-9-12(21-3)5-6-14(13)22-4/h5-9,11H,1-4H3,(H,18,19). The molecule has 0 fully saturated rings. The molecule has 6 nitrogen and oxygen atoms in total. The van der Waals surface area contributed by atoms with Crippen molar-refractivity contribution in [2.75, 3.05) is 19.5 Å². The third-order valence-electron chi connectivity index (χ3n) is 3.37. The van der Waals surface area contributed by atoms with Crippen LogP contribution in [0.1, 0.15) is 22.2 Å². The van der Waals surface area contributed by atoms with Gasteiger partial charge in [-0.15, -0.1) is 11.3 Å². The van der Waals surface area contributed by atoms with E-state index in [2.05, 4.69) is 5.32 Å². The summed E-state index contributed by atoms with van der Waals surface area (Å²) in [5, 5.41) is 4.49. The summed E-state index contributed by atoms with van der Waals surface area (Å²) in [6, 6.07) is 6.86. The summed E-state index contributed by atoms with van der Waals surface area (Å²) in [5.41, 5.74) is 1.27. The van der Waals surface area contributed by atoms with Gasteiger partial charge in [0.05, 0.1) is 19.9 Å². The van der Waals surface area contributed by atoms with Gasteiger partial charge in [-0.2, -0.15) is 0 Å². The van der Waals surface area contributed by atoms with Crippen LogP contribution in [0, 0.1) is 6.92 Å². The number of carbonyl (C=O) groups excluding carboxylic acids is 2. The van der Waals surface area contributed by atoms with Crippen LogP contribution in [0.2, 0.25) is 0 Å². The zero-order chi connectivity index (χ0) is 17.7. The van der Waals surface area contributed by atoms with Crippen LogP contribution in [-0.2, 0) is 9.53 Å². The van der Waals surface area contributed by atoms with E-state index in [-0.39, 0.29) is 0 Å². The third-order valence-corrected chi connectivity index (χ3v) is 4.36. The predicted molar refractivity (Wildman–Crippen MR) is 92.1 cm³/mol. The number of thiophene rings is 1. The number of rotatable bonds is 6. The Morgan fingerprint density at radius 1 is 1.17 bits per heavy atom. The Labute approximate surface area is 144 Å². The highest BCUT2D eigenvalue weighted by Gasteiger charge is 2.22. The molecule has 0 saturated carbocycles. The molecule has 0 aliphatic heterocycles. The van der Waals surface area contributed by atoms with Crippen molar-refractivity contribution in [2.24, 2.45) is 0 Å². The van der Waals surface area contributed by atoms with Gasteiger partial charge >= 0.3 is 5.97 Å². The van der Waals surface area contributed by atoms with Crippen molar-refractivity contribution in [2.45, 2.75) is 20.0 Å². The molecule has 1 amide bonds. The van der Waals surface area contributed by atoms with Gasteiger partial charge in [-0.25, -0.2) is 4.79 Å². The van der Waals surface area contributed by atoms with E-state index in [0.29, 0.717) is 22.1 Å². The lowest BCUT2D eigenvalue weighted by molar-refractivity contribution is -0.123. The van der Waals surface area contributed by atoms with Crippen LogP contribution in [0.5, 0.6) is 11.5 Å². The van der Waals surface area contributed by atoms with E-state index < -0.39 is 18.0 Å². The normalized spacial score (nSPS) is 11.5. The van der Waals surface area contributed by atoms with Gasteiger partial charge in [0, 0.05) is 6.07 Å². The topological polar surface area (TPSA) is 73.9 Å². The van der Waals surface area contributed by atoms with Gasteiger partial charge in [-0.1, -0.05) is 0 Å². The first-order valence-electron chi connectivity index (χ1n) is 7.24. The number of aryl methyl sites for hydroxylation is 1. The van der Waals surface area contributed by atoms with Crippen LogP contribution in [0.15, 0.2) is 29.6 Å². The van der Waals surface area contributed by atoms with Crippen LogP contribution in [0.4, 0.5) is 5.69 Å². The molecule has 1 aromatic carbocycles. The second kappa shape index (κ2) is 7.83. The molecule has 0 radical (unpaired) electrons. The molecular weight excluding hydrogens is 330 g/mol. The smallest absolute Gasteiger partial charge is 0.349 e. The molecule has 0 aliphatic carbocycles. The molecule has 0 bridgehead atoms. The Bertz CT molecular complexity index is 740. The molecular formula is C17H19NO5S. The van der Waals surface area contributed by atoms with Crippen molar-refractivity contribution in [3.05, 3.63) is 40.1 Å². The van der Waals surface area contributed by atoms with E-state index in [1.165, 1.54) is 32.5 Å². The molecule has 128 valence electrons. The van der Waals surface area contributed by atoms with E-state index in [1.54, 1.807) is 23.6 Å². The molecule has 7 heteroatoms. The fraction of sp³-hybridized carbons (Fsp3) is 0.294. The molecule has 2 aromatic rings. The number of amides is 1. The number of benzene rings is 1. The number of esters is 1. The summed E-state index contributed by atoms with van der Waals surface area (Å²) in [7, 11) is 3.03. The van der Waals surface area contributed by atoms with Crippen molar-refractivity contribution in [3.8, 4) is 11.5 Å². The number of ether oxygens (including phenoxy) is 3. The maximum atomic E-state index is 12.3. The summed E-state index contributed by atoms with van der Waals surface area (Å²) in [4.78, 5) is 24.9.